The molecule has 0 radical (unpaired) electrons. The molecule has 0 saturated carbocycles. The summed E-state index contributed by atoms with van der Waals surface area (Å²) in [4.78, 5) is 20.7. The second-order valence-electron chi connectivity index (χ2n) is 6.84. The lowest BCUT2D eigenvalue weighted by atomic mass is 10.2. The number of nitrogens with one attached hydrogen (secondary N) is 4. The van der Waals surface area contributed by atoms with Crippen LogP contribution in [0, 0.1) is 5.95 Å². The molecule has 2 heterocycles. The van der Waals surface area contributed by atoms with Crippen molar-refractivity contribution in [3.63, 3.8) is 0 Å². The van der Waals surface area contributed by atoms with Gasteiger partial charge in [-0.25, -0.2) is 14.8 Å². The van der Waals surface area contributed by atoms with E-state index in [0.29, 0.717) is 22.9 Å². The quantitative estimate of drug-likeness (QED) is 0.254. The highest BCUT2D eigenvalue weighted by molar-refractivity contribution is 6.31. The van der Waals surface area contributed by atoms with E-state index >= 15 is 0 Å². The Bertz CT molecular complexity index is 1330. The van der Waals surface area contributed by atoms with Crippen molar-refractivity contribution in [1.29, 1.82) is 0 Å². The number of hydrogen-bond donors (Lipinski definition) is 4. The third kappa shape index (κ3) is 5.59. The summed E-state index contributed by atoms with van der Waals surface area (Å²) in [5.74, 6) is 0.397. The molecule has 0 spiro atoms. The number of aromatic amines is 1. The molecule has 0 unspecified atom stereocenters. The minimum Gasteiger partial charge on any atom is -0.323 e. The largest absolute Gasteiger partial charge is 0.417 e. The van der Waals surface area contributed by atoms with Crippen molar-refractivity contribution in [3.05, 3.63) is 77.3 Å². The second kappa shape index (κ2) is 9.35. The zero-order valence-electron chi connectivity index (χ0n) is 16.9. The lowest BCUT2D eigenvalue weighted by Gasteiger charge is -2.12. The van der Waals surface area contributed by atoms with Crippen LogP contribution < -0.4 is 16.0 Å². The van der Waals surface area contributed by atoms with Crippen LogP contribution in [0.1, 0.15) is 5.56 Å². The maximum absolute atomic E-state index is 13.0. The average Bonchev–Trinajstić information content (AvgIpc) is 3.19. The Morgan fingerprint density at radius 1 is 0.941 bits per heavy atom. The van der Waals surface area contributed by atoms with E-state index in [1.54, 1.807) is 30.3 Å². The highest BCUT2D eigenvalue weighted by Gasteiger charge is 2.33. The lowest BCUT2D eigenvalue weighted by molar-refractivity contribution is -0.137. The van der Waals surface area contributed by atoms with Gasteiger partial charge >= 0.3 is 12.2 Å². The third-order valence-corrected chi connectivity index (χ3v) is 4.72. The van der Waals surface area contributed by atoms with Gasteiger partial charge in [0.25, 0.3) is 0 Å². The van der Waals surface area contributed by atoms with Gasteiger partial charge in [0, 0.05) is 29.2 Å². The molecule has 4 aromatic rings. The molecule has 4 N–H and O–H groups in total. The zero-order valence-corrected chi connectivity index (χ0v) is 17.7. The first-order valence-corrected chi connectivity index (χ1v) is 9.91. The van der Waals surface area contributed by atoms with Gasteiger partial charge < -0.3 is 16.0 Å². The monoisotopic (exact) mass is 491 g/mol. The van der Waals surface area contributed by atoms with E-state index in [2.05, 4.69) is 36.1 Å². The number of amides is 2. The Labute approximate surface area is 194 Å². The first kappa shape index (κ1) is 23.0. The lowest BCUT2D eigenvalue weighted by Crippen LogP contribution is -2.19. The summed E-state index contributed by atoms with van der Waals surface area (Å²) in [6.07, 6.45) is -3.14. The van der Waals surface area contributed by atoms with E-state index in [9.17, 15) is 22.4 Å². The Hall–Kier alpha value is -4.19. The van der Waals surface area contributed by atoms with Crippen LogP contribution in [0.15, 0.2) is 60.8 Å². The minimum absolute atomic E-state index is 0.0691. The molecule has 174 valence electrons. The van der Waals surface area contributed by atoms with Gasteiger partial charge in [-0.1, -0.05) is 11.6 Å². The molecule has 2 amide bonds. The molecule has 0 atom stereocenters. The highest BCUT2D eigenvalue weighted by Crippen LogP contribution is 2.36. The smallest absolute Gasteiger partial charge is 0.323 e. The van der Waals surface area contributed by atoms with Crippen LogP contribution in [0.25, 0.3) is 11.4 Å². The number of anilines is 4. The third-order valence-electron chi connectivity index (χ3n) is 4.39. The van der Waals surface area contributed by atoms with Gasteiger partial charge in [-0.3, -0.25) is 5.10 Å². The average molecular weight is 492 g/mol. The van der Waals surface area contributed by atoms with Crippen LogP contribution in [0.3, 0.4) is 0 Å². The molecule has 2 aromatic heterocycles. The molecule has 0 saturated heterocycles. The van der Waals surface area contributed by atoms with E-state index in [4.69, 9.17) is 11.6 Å². The number of H-pyrrole nitrogens is 1. The Kier molecular flexibility index (Phi) is 6.32. The molecule has 4 rings (SSSR count). The minimum atomic E-state index is -4.65. The standard InChI is InChI=1S/C21H14ClF4N7O/c22-15-6-5-13(9-14(15)21(24,25)26)29-20(34)28-12-3-1-11(2-4-12)19-27-8-7-17(31-19)30-18-10-16(23)32-33-18/h1-10H,(H2,28,29,34)(H2,27,30,31,32,33). The van der Waals surface area contributed by atoms with Crippen LogP contribution in [0.2, 0.25) is 5.02 Å². The van der Waals surface area contributed by atoms with Crippen molar-refractivity contribution >= 4 is 40.6 Å². The van der Waals surface area contributed by atoms with Crippen LogP contribution in [-0.4, -0.2) is 26.2 Å². The summed E-state index contributed by atoms with van der Waals surface area (Å²) in [7, 11) is 0. The topological polar surface area (TPSA) is 108 Å². The van der Waals surface area contributed by atoms with E-state index in [-0.39, 0.29) is 11.5 Å². The number of aromatic nitrogens is 4. The normalized spacial score (nSPS) is 11.2. The summed E-state index contributed by atoms with van der Waals surface area (Å²) in [5.41, 5.74) is -0.117. The zero-order chi connectivity index (χ0) is 24.3. The molecular formula is C21H14ClF4N7O. The van der Waals surface area contributed by atoms with Gasteiger partial charge in [0.1, 0.15) is 5.82 Å². The maximum Gasteiger partial charge on any atom is 0.417 e. The molecule has 13 heteroatoms. The maximum atomic E-state index is 13.0. The molecular weight excluding hydrogens is 478 g/mol. The predicted octanol–water partition coefficient (Wildman–Crippen LogP) is 6.07. The number of urea groups is 1. The van der Waals surface area contributed by atoms with E-state index < -0.39 is 28.7 Å². The van der Waals surface area contributed by atoms with Crippen LogP contribution in [0.5, 0.6) is 0 Å². The SMILES string of the molecule is O=C(Nc1ccc(-c2nccc(Nc3cc(F)[nH]n3)n2)cc1)Nc1ccc(Cl)c(C(F)(F)F)c1. The number of rotatable bonds is 5. The van der Waals surface area contributed by atoms with Gasteiger partial charge in [0.05, 0.1) is 10.6 Å². The summed E-state index contributed by atoms with van der Waals surface area (Å²) in [6.45, 7) is 0. The van der Waals surface area contributed by atoms with Crippen molar-refractivity contribution in [2.24, 2.45) is 0 Å². The van der Waals surface area contributed by atoms with Crippen LogP contribution in [-0.2, 0) is 6.18 Å². The van der Waals surface area contributed by atoms with Crippen molar-refractivity contribution in [1.82, 2.24) is 20.2 Å². The van der Waals surface area contributed by atoms with E-state index in [1.165, 1.54) is 18.3 Å². The molecule has 0 aliphatic rings. The van der Waals surface area contributed by atoms with Gasteiger partial charge in [-0.05, 0) is 48.5 Å². The van der Waals surface area contributed by atoms with Crippen molar-refractivity contribution in [2.45, 2.75) is 6.18 Å². The number of halogens is 5. The summed E-state index contributed by atoms with van der Waals surface area (Å²) in [5, 5.41) is 13.1. The van der Waals surface area contributed by atoms with Crippen molar-refractivity contribution < 1.29 is 22.4 Å². The molecule has 2 aromatic carbocycles. The molecule has 0 aliphatic carbocycles. The predicted molar refractivity (Wildman–Crippen MR) is 118 cm³/mol. The fraction of sp³-hybridized carbons (Fsp3) is 0.0476. The van der Waals surface area contributed by atoms with Gasteiger partial charge in [0.2, 0.25) is 5.95 Å². The van der Waals surface area contributed by atoms with Crippen molar-refractivity contribution in [2.75, 3.05) is 16.0 Å². The molecule has 0 aliphatic heterocycles. The van der Waals surface area contributed by atoms with E-state index in [0.717, 1.165) is 12.1 Å². The summed E-state index contributed by atoms with van der Waals surface area (Å²) < 4.78 is 52.0. The first-order chi connectivity index (χ1) is 16.2. The Morgan fingerprint density at radius 2 is 1.65 bits per heavy atom. The number of alkyl halides is 3. The van der Waals surface area contributed by atoms with Gasteiger partial charge in [0.15, 0.2) is 11.6 Å². The fourth-order valence-electron chi connectivity index (χ4n) is 2.88. The van der Waals surface area contributed by atoms with E-state index in [1.807, 2.05) is 0 Å². The second-order valence-corrected chi connectivity index (χ2v) is 7.25. The number of nitrogens with zero attached hydrogens (tertiary/aromatic N) is 3. The van der Waals surface area contributed by atoms with Gasteiger partial charge in [-0.15, -0.1) is 0 Å². The first-order valence-electron chi connectivity index (χ1n) is 9.53. The molecule has 0 bridgehead atoms. The van der Waals surface area contributed by atoms with Crippen LogP contribution in [0.4, 0.5) is 45.4 Å². The van der Waals surface area contributed by atoms with Gasteiger partial charge in [-0.2, -0.15) is 22.7 Å². The molecule has 8 nitrogen and oxygen atoms in total. The number of carbonyl (C=O) groups is 1. The molecule has 34 heavy (non-hydrogen) atoms. The van der Waals surface area contributed by atoms with Crippen LogP contribution >= 0.6 is 11.6 Å². The fourth-order valence-corrected chi connectivity index (χ4v) is 3.10. The van der Waals surface area contributed by atoms with Crippen molar-refractivity contribution in [3.8, 4) is 11.4 Å². The number of hydrogen-bond acceptors (Lipinski definition) is 5. The summed E-state index contributed by atoms with van der Waals surface area (Å²) >= 11 is 5.58. The number of carbonyl (C=O) groups excluding carboxylic acids is 1. The highest BCUT2D eigenvalue weighted by atomic mass is 35.5. The number of benzene rings is 2. The Balaban J connectivity index is 1.41. The summed E-state index contributed by atoms with van der Waals surface area (Å²) in [6, 6.07) is 11.5. The molecule has 0 fully saturated rings. The Morgan fingerprint density at radius 3 is 2.32 bits per heavy atom.